The lowest BCUT2D eigenvalue weighted by Gasteiger charge is -2.25. The normalized spacial score (nSPS) is 22.2. The first-order valence-electron chi connectivity index (χ1n) is 6.65. The maximum Gasteiger partial charge on any atom is 0.0388 e. The predicted octanol–water partition coefficient (Wildman–Crippen LogP) is 4.45. The largest absolute Gasteiger partial charge is 0.306 e. The summed E-state index contributed by atoms with van der Waals surface area (Å²) in [6.45, 7) is 2.30. The highest BCUT2D eigenvalue weighted by Gasteiger charge is 2.17. The van der Waals surface area contributed by atoms with Gasteiger partial charge in [-0.15, -0.1) is 11.3 Å². The molecule has 1 N–H and O–H groups in total. The van der Waals surface area contributed by atoms with E-state index in [2.05, 4.69) is 54.3 Å². The molecule has 1 saturated heterocycles. The number of thioether (sulfide) groups is 1. The number of benzene rings is 1. The minimum atomic E-state index is 0.478. The summed E-state index contributed by atoms with van der Waals surface area (Å²) in [6, 6.07) is 12.2. The van der Waals surface area contributed by atoms with Gasteiger partial charge in [0, 0.05) is 27.4 Å². The van der Waals surface area contributed by atoms with Gasteiger partial charge in [-0.05, 0) is 43.0 Å². The van der Waals surface area contributed by atoms with Gasteiger partial charge in [0.1, 0.15) is 0 Å². The van der Waals surface area contributed by atoms with Crippen LogP contribution in [0.5, 0.6) is 0 Å². The molecule has 0 radical (unpaired) electrons. The van der Waals surface area contributed by atoms with Crippen molar-refractivity contribution in [2.45, 2.75) is 31.8 Å². The summed E-state index contributed by atoms with van der Waals surface area (Å²) < 4.78 is 1.40. The summed E-state index contributed by atoms with van der Waals surface area (Å²) in [6.07, 6.45) is 2.70. The lowest BCUT2D eigenvalue weighted by Crippen LogP contribution is -2.35. The molecule has 18 heavy (non-hydrogen) atoms. The van der Waals surface area contributed by atoms with Crippen LogP contribution in [0.4, 0.5) is 0 Å². The Balaban J connectivity index is 1.72. The van der Waals surface area contributed by atoms with Crippen LogP contribution in [0.2, 0.25) is 0 Å². The van der Waals surface area contributed by atoms with Crippen LogP contribution in [0.1, 0.15) is 30.7 Å². The van der Waals surface area contributed by atoms with Crippen LogP contribution in [0, 0.1) is 0 Å². The maximum atomic E-state index is 3.79. The molecular weight excluding hydrogens is 258 g/mol. The molecule has 2 heterocycles. The van der Waals surface area contributed by atoms with Crippen LogP contribution < -0.4 is 5.32 Å². The lowest BCUT2D eigenvalue weighted by molar-refractivity contribution is 0.456. The zero-order valence-corrected chi connectivity index (χ0v) is 12.3. The van der Waals surface area contributed by atoms with Crippen LogP contribution in [0.3, 0.4) is 0 Å². The minimum absolute atomic E-state index is 0.478. The fourth-order valence-corrected chi connectivity index (χ4v) is 4.68. The Morgan fingerprint density at radius 3 is 3.00 bits per heavy atom. The van der Waals surface area contributed by atoms with Gasteiger partial charge in [0.15, 0.2) is 0 Å². The molecule has 2 atom stereocenters. The number of hydrogen-bond donors (Lipinski definition) is 1. The van der Waals surface area contributed by atoms with E-state index in [4.69, 9.17) is 0 Å². The average molecular weight is 277 g/mol. The number of rotatable bonds is 3. The van der Waals surface area contributed by atoms with Crippen molar-refractivity contribution in [1.29, 1.82) is 0 Å². The highest BCUT2D eigenvalue weighted by atomic mass is 32.2. The van der Waals surface area contributed by atoms with Gasteiger partial charge in [-0.3, -0.25) is 0 Å². The van der Waals surface area contributed by atoms with Crippen molar-refractivity contribution >= 4 is 33.2 Å². The van der Waals surface area contributed by atoms with Crippen LogP contribution in [-0.4, -0.2) is 17.5 Å². The molecule has 0 amide bonds. The Bertz CT molecular complexity index is 481. The van der Waals surface area contributed by atoms with E-state index in [1.807, 2.05) is 11.3 Å². The molecule has 1 aliphatic heterocycles. The smallest absolute Gasteiger partial charge is 0.0388 e. The highest BCUT2D eigenvalue weighted by molar-refractivity contribution is 7.99. The van der Waals surface area contributed by atoms with Gasteiger partial charge in [-0.1, -0.05) is 18.2 Å². The highest BCUT2D eigenvalue weighted by Crippen LogP contribution is 2.30. The van der Waals surface area contributed by atoms with Crippen molar-refractivity contribution in [3.8, 4) is 0 Å². The molecule has 0 saturated carbocycles. The molecule has 3 heteroatoms. The van der Waals surface area contributed by atoms with E-state index in [1.165, 1.54) is 39.3 Å². The van der Waals surface area contributed by atoms with Crippen molar-refractivity contribution in [3.05, 3.63) is 35.2 Å². The van der Waals surface area contributed by atoms with Gasteiger partial charge >= 0.3 is 0 Å². The second-order valence-electron chi connectivity index (χ2n) is 4.99. The molecule has 1 aromatic carbocycles. The SMILES string of the molecule is CC(NC1CCCSC1)c1cc2ccccc2s1. The van der Waals surface area contributed by atoms with Crippen molar-refractivity contribution in [2.24, 2.45) is 0 Å². The molecule has 1 nitrogen and oxygen atoms in total. The van der Waals surface area contributed by atoms with Crippen LogP contribution in [0.15, 0.2) is 30.3 Å². The average Bonchev–Trinajstić information content (AvgIpc) is 2.84. The summed E-state index contributed by atoms with van der Waals surface area (Å²) in [5.74, 6) is 2.62. The third-order valence-corrected chi connectivity index (χ3v) is 6.03. The second-order valence-corrected chi connectivity index (χ2v) is 7.25. The van der Waals surface area contributed by atoms with Gasteiger partial charge in [-0.2, -0.15) is 11.8 Å². The first kappa shape index (κ1) is 12.5. The summed E-state index contributed by atoms with van der Waals surface area (Å²) in [5, 5.41) is 5.16. The van der Waals surface area contributed by atoms with Crippen LogP contribution in [0.25, 0.3) is 10.1 Å². The topological polar surface area (TPSA) is 12.0 Å². The second kappa shape index (κ2) is 5.64. The van der Waals surface area contributed by atoms with Gasteiger partial charge in [0.2, 0.25) is 0 Å². The van der Waals surface area contributed by atoms with Gasteiger partial charge in [-0.25, -0.2) is 0 Å². The maximum absolute atomic E-state index is 3.79. The molecule has 2 aromatic rings. The molecule has 1 aliphatic rings. The van der Waals surface area contributed by atoms with Crippen molar-refractivity contribution < 1.29 is 0 Å². The van der Waals surface area contributed by atoms with Gasteiger partial charge < -0.3 is 5.32 Å². The number of thiophene rings is 1. The zero-order valence-electron chi connectivity index (χ0n) is 10.7. The van der Waals surface area contributed by atoms with Gasteiger partial charge in [0.05, 0.1) is 0 Å². The molecule has 3 rings (SSSR count). The molecule has 1 fully saturated rings. The van der Waals surface area contributed by atoms with Crippen LogP contribution >= 0.6 is 23.1 Å². The first-order chi connectivity index (χ1) is 8.83. The Morgan fingerprint density at radius 1 is 1.33 bits per heavy atom. The number of fused-ring (bicyclic) bond motifs is 1. The monoisotopic (exact) mass is 277 g/mol. The third kappa shape index (κ3) is 2.73. The van der Waals surface area contributed by atoms with E-state index in [1.54, 1.807) is 0 Å². The summed E-state index contributed by atoms with van der Waals surface area (Å²) >= 11 is 4.01. The molecule has 0 spiro atoms. The van der Waals surface area contributed by atoms with Crippen LogP contribution in [-0.2, 0) is 0 Å². The van der Waals surface area contributed by atoms with E-state index in [9.17, 15) is 0 Å². The standard InChI is InChI=1S/C15H19NS2/c1-11(16-13-6-4-8-17-10-13)15-9-12-5-2-3-7-14(12)18-15/h2-3,5,7,9,11,13,16H,4,6,8,10H2,1H3. The summed E-state index contributed by atoms with van der Waals surface area (Å²) in [7, 11) is 0. The predicted molar refractivity (Wildman–Crippen MR) is 83.7 cm³/mol. The molecule has 1 aromatic heterocycles. The van der Waals surface area contributed by atoms with Crippen molar-refractivity contribution in [1.82, 2.24) is 5.32 Å². The zero-order chi connectivity index (χ0) is 12.4. The van der Waals surface area contributed by atoms with Gasteiger partial charge in [0.25, 0.3) is 0 Å². The molecule has 0 bridgehead atoms. The Labute approximate surface area is 117 Å². The molecule has 0 aliphatic carbocycles. The van der Waals surface area contributed by atoms with Crippen molar-refractivity contribution in [3.63, 3.8) is 0 Å². The first-order valence-corrected chi connectivity index (χ1v) is 8.62. The van der Waals surface area contributed by atoms with E-state index < -0.39 is 0 Å². The molecule has 2 unspecified atom stereocenters. The van der Waals surface area contributed by atoms with E-state index >= 15 is 0 Å². The Hall–Kier alpha value is -0.510. The fraction of sp³-hybridized carbons (Fsp3) is 0.467. The minimum Gasteiger partial charge on any atom is -0.306 e. The van der Waals surface area contributed by atoms with E-state index in [-0.39, 0.29) is 0 Å². The van der Waals surface area contributed by atoms with Crippen molar-refractivity contribution in [2.75, 3.05) is 11.5 Å². The summed E-state index contributed by atoms with van der Waals surface area (Å²) in [5.41, 5.74) is 0. The Morgan fingerprint density at radius 2 is 2.22 bits per heavy atom. The lowest BCUT2D eigenvalue weighted by atomic mass is 10.1. The Kier molecular flexibility index (Phi) is 3.92. The van der Waals surface area contributed by atoms with E-state index in [0.717, 1.165) is 0 Å². The van der Waals surface area contributed by atoms with E-state index in [0.29, 0.717) is 12.1 Å². The quantitative estimate of drug-likeness (QED) is 0.889. The number of hydrogen-bond acceptors (Lipinski definition) is 3. The fourth-order valence-electron chi connectivity index (χ4n) is 2.52. The molecular formula is C15H19NS2. The molecule has 96 valence electrons. The summed E-state index contributed by atoms with van der Waals surface area (Å²) in [4.78, 5) is 1.46. The third-order valence-electron chi connectivity index (χ3n) is 3.52. The number of nitrogens with one attached hydrogen (secondary N) is 1.